The Morgan fingerprint density at radius 3 is 2.73 bits per heavy atom. The van der Waals surface area contributed by atoms with Gasteiger partial charge in [-0.05, 0) is 48.7 Å². The molecule has 0 spiro atoms. The number of anilines is 2. The summed E-state index contributed by atoms with van der Waals surface area (Å²) in [7, 11) is 0. The molecule has 1 heterocycles. The molecule has 22 heavy (non-hydrogen) atoms. The molecule has 0 fully saturated rings. The van der Waals surface area contributed by atoms with Gasteiger partial charge in [-0.15, -0.1) is 0 Å². The maximum Gasteiger partial charge on any atom is 0.274 e. The first kappa shape index (κ1) is 16.3. The Morgan fingerprint density at radius 1 is 1.27 bits per heavy atom. The second kappa shape index (κ2) is 7.27. The van der Waals surface area contributed by atoms with Gasteiger partial charge in [0.05, 0.1) is 0 Å². The van der Waals surface area contributed by atoms with Crippen molar-refractivity contribution in [2.24, 2.45) is 5.92 Å². The van der Waals surface area contributed by atoms with E-state index in [1.165, 1.54) is 0 Å². The SMILES string of the molecule is Cc1cc(Cl)ccc1NC(=O)c1cc(NCC(C)C)ccn1. The van der Waals surface area contributed by atoms with Crippen LogP contribution >= 0.6 is 11.6 Å². The summed E-state index contributed by atoms with van der Waals surface area (Å²) >= 11 is 5.92. The predicted molar refractivity (Wildman–Crippen MR) is 91.7 cm³/mol. The van der Waals surface area contributed by atoms with E-state index in [1.807, 2.05) is 19.1 Å². The first-order chi connectivity index (χ1) is 10.5. The number of aromatic nitrogens is 1. The van der Waals surface area contributed by atoms with Crippen LogP contribution in [-0.2, 0) is 0 Å². The Kier molecular flexibility index (Phi) is 5.39. The third-order valence-electron chi connectivity index (χ3n) is 3.14. The largest absolute Gasteiger partial charge is 0.385 e. The van der Waals surface area contributed by atoms with Crippen molar-refractivity contribution in [3.8, 4) is 0 Å². The van der Waals surface area contributed by atoms with E-state index >= 15 is 0 Å². The molecule has 4 nitrogen and oxygen atoms in total. The van der Waals surface area contributed by atoms with E-state index in [0.717, 1.165) is 23.5 Å². The monoisotopic (exact) mass is 317 g/mol. The van der Waals surface area contributed by atoms with E-state index in [0.29, 0.717) is 16.6 Å². The van der Waals surface area contributed by atoms with Crippen molar-refractivity contribution in [2.45, 2.75) is 20.8 Å². The molecule has 5 heteroatoms. The molecule has 0 saturated carbocycles. The Hall–Kier alpha value is -2.07. The zero-order valence-electron chi connectivity index (χ0n) is 13.0. The van der Waals surface area contributed by atoms with E-state index in [1.54, 1.807) is 24.4 Å². The van der Waals surface area contributed by atoms with E-state index in [9.17, 15) is 4.79 Å². The highest BCUT2D eigenvalue weighted by Crippen LogP contribution is 2.20. The smallest absolute Gasteiger partial charge is 0.274 e. The number of hydrogen-bond acceptors (Lipinski definition) is 3. The van der Waals surface area contributed by atoms with Gasteiger partial charge in [0.25, 0.3) is 5.91 Å². The number of amides is 1. The number of carbonyl (C=O) groups is 1. The fourth-order valence-corrected chi connectivity index (χ4v) is 2.17. The molecule has 0 radical (unpaired) electrons. The van der Waals surface area contributed by atoms with Crippen molar-refractivity contribution in [3.05, 3.63) is 52.8 Å². The molecule has 2 aromatic rings. The first-order valence-electron chi connectivity index (χ1n) is 7.23. The maximum absolute atomic E-state index is 12.3. The number of benzene rings is 1. The van der Waals surface area contributed by atoms with Crippen molar-refractivity contribution < 1.29 is 4.79 Å². The summed E-state index contributed by atoms with van der Waals surface area (Å²) < 4.78 is 0. The van der Waals surface area contributed by atoms with Crippen LogP contribution in [0.5, 0.6) is 0 Å². The van der Waals surface area contributed by atoms with Gasteiger partial charge in [-0.25, -0.2) is 0 Å². The van der Waals surface area contributed by atoms with Crippen LogP contribution in [0.25, 0.3) is 0 Å². The van der Waals surface area contributed by atoms with Crippen LogP contribution in [0.15, 0.2) is 36.5 Å². The average Bonchev–Trinajstić information content (AvgIpc) is 2.48. The fraction of sp³-hybridized carbons (Fsp3) is 0.294. The molecule has 2 rings (SSSR count). The second-order valence-corrected chi connectivity index (χ2v) is 6.05. The molecule has 0 aliphatic carbocycles. The minimum Gasteiger partial charge on any atom is -0.385 e. The molecular formula is C17H20ClN3O. The van der Waals surface area contributed by atoms with Gasteiger partial charge in [0, 0.05) is 29.1 Å². The number of halogens is 1. The standard InChI is InChI=1S/C17H20ClN3O/c1-11(2)10-20-14-6-7-19-16(9-14)17(22)21-15-5-4-13(18)8-12(15)3/h4-9,11H,10H2,1-3H3,(H,19,20)(H,21,22). The molecule has 0 aliphatic rings. The molecular weight excluding hydrogens is 298 g/mol. The Bertz CT molecular complexity index is 671. The van der Waals surface area contributed by atoms with Crippen LogP contribution in [0.4, 0.5) is 11.4 Å². The lowest BCUT2D eigenvalue weighted by molar-refractivity contribution is 0.102. The van der Waals surface area contributed by atoms with Crippen molar-refractivity contribution in [2.75, 3.05) is 17.2 Å². The lowest BCUT2D eigenvalue weighted by Crippen LogP contribution is -2.15. The van der Waals surface area contributed by atoms with E-state index < -0.39 is 0 Å². The molecule has 1 aromatic carbocycles. The first-order valence-corrected chi connectivity index (χ1v) is 7.61. The predicted octanol–water partition coefficient (Wildman–Crippen LogP) is 4.36. The van der Waals surface area contributed by atoms with Gasteiger partial charge in [-0.1, -0.05) is 25.4 Å². The molecule has 2 N–H and O–H groups in total. The van der Waals surface area contributed by atoms with Gasteiger partial charge in [0.1, 0.15) is 5.69 Å². The fourth-order valence-electron chi connectivity index (χ4n) is 1.94. The number of hydrogen-bond donors (Lipinski definition) is 2. The summed E-state index contributed by atoms with van der Waals surface area (Å²) in [6.07, 6.45) is 1.63. The van der Waals surface area contributed by atoms with Gasteiger partial charge in [-0.2, -0.15) is 0 Å². The molecule has 116 valence electrons. The number of carbonyl (C=O) groups excluding carboxylic acids is 1. The minimum atomic E-state index is -0.237. The molecule has 0 aliphatic heterocycles. The van der Waals surface area contributed by atoms with Gasteiger partial charge < -0.3 is 10.6 Å². The third kappa shape index (κ3) is 4.46. The molecule has 0 unspecified atom stereocenters. The van der Waals surface area contributed by atoms with Crippen LogP contribution in [-0.4, -0.2) is 17.4 Å². The summed E-state index contributed by atoms with van der Waals surface area (Å²) in [5.74, 6) is 0.292. The number of nitrogens with zero attached hydrogens (tertiary/aromatic N) is 1. The van der Waals surface area contributed by atoms with E-state index in [4.69, 9.17) is 11.6 Å². The van der Waals surface area contributed by atoms with Gasteiger partial charge in [-0.3, -0.25) is 9.78 Å². The third-order valence-corrected chi connectivity index (χ3v) is 3.38. The molecule has 1 aromatic heterocycles. The topological polar surface area (TPSA) is 54.0 Å². The van der Waals surface area contributed by atoms with Crippen molar-refractivity contribution in [3.63, 3.8) is 0 Å². The van der Waals surface area contributed by atoms with E-state index in [-0.39, 0.29) is 5.91 Å². The zero-order chi connectivity index (χ0) is 16.1. The van der Waals surface area contributed by atoms with Crippen LogP contribution in [0.1, 0.15) is 29.9 Å². The quantitative estimate of drug-likeness (QED) is 0.861. The lowest BCUT2D eigenvalue weighted by Gasteiger charge is -2.11. The number of pyridine rings is 1. The van der Waals surface area contributed by atoms with Crippen LogP contribution in [0.2, 0.25) is 5.02 Å². The molecule has 0 atom stereocenters. The van der Waals surface area contributed by atoms with Crippen LogP contribution < -0.4 is 10.6 Å². The second-order valence-electron chi connectivity index (χ2n) is 5.62. The van der Waals surface area contributed by atoms with Crippen molar-refractivity contribution in [1.82, 2.24) is 4.98 Å². The Labute approximate surface area is 135 Å². The van der Waals surface area contributed by atoms with Crippen LogP contribution in [0.3, 0.4) is 0 Å². The Morgan fingerprint density at radius 2 is 2.05 bits per heavy atom. The summed E-state index contributed by atoms with van der Waals surface area (Å²) in [5.41, 5.74) is 2.91. The highest BCUT2D eigenvalue weighted by atomic mass is 35.5. The van der Waals surface area contributed by atoms with Crippen molar-refractivity contribution in [1.29, 1.82) is 0 Å². The van der Waals surface area contributed by atoms with Gasteiger partial charge in [0.2, 0.25) is 0 Å². The summed E-state index contributed by atoms with van der Waals surface area (Å²) in [5, 5.41) is 6.79. The average molecular weight is 318 g/mol. The molecule has 0 saturated heterocycles. The maximum atomic E-state index is 12.3. The zero-order valence-corrected chi connectivity index (χ0v) is 13.7. The van der Waals surface area contributed by atoms with Gasteiger partial charge in [0.15, 0.2) is 0 Å². The summed E-state index contributed by atoms with van der Waals surface area (Å²) in [6.45, 7) is 7.01. The molecule has 0 bridgehead atoms. The molecule has 1 amide bonds. The number of nitrogens with one attached hydrogen (secondary N) is 2. The van der Waals surface area contributed by atoms with Gasteiger partial charge >= 0.3 is 0 Å². The van der Waals surface area contributed by atoms with Crippen molar-refractivity contribution >= 4 is 28.9 Å². The highest BCUT2D eigenvalue weighted by molar-refractivity contribution is 6.30. The summed E-state index contributed by atoms with van der Waals surface area (Å²) in [4.78, 5) is 16.4. The number of rotatable bonds is 5. The van der Waals surface area contributed by atoms with E-state index in [2.05, 4.69) is 29.5 Å². The number of aryl methyl sites for hydroxylation is 1. The lowest BCUT2D eigenvalue weighted by atomic mass is 10.2. The summed E-state index contributed by atoms with van der Waals surface area (Å²) in [6, 6.07) is 8.95. The highest BCUT2D eigenvalue weighted by Gasteiger charge is 2.10. The van der Waals surface area contributed by atoms with Crippen LogP contribution in [0, 0.1) is 12.8 Å². The Balaban J connectivity index is 2.10. The normalized spacial score (nSPS) is 10.6. The minimum absolute atomic E-state index is 0.237.